The number of hydrogen-bond acceptors (Lipinski definition) is 4. The Labute approximate surface area is 141 Å². The fourth-order valence-corrected chi connectivity index (χ4v) is 3.92. The number of carbonyl (C=O) groups is 2. The van der Waals surface area contributed by atoms with Gasteiger partial charge in [0.25, 0.3) is 0 Å². The van der Waals surface area contributed by atoms with Crippen LogP contribution in [0.5, 0.6) is 0 Å². The molecule has 24 heavy (non-hydrogen) atoms. The Bertz CT molecular complexity index is 633. The molecule has 0 saturated carbocycles. The molecule has 3 rings (SSSR count). The van der Waals surface area contributed by atoms with E-state index in [0.717, 1.165) is 11.1 Å². The number of rotatable bonds is 4. The molecule has 2 heterocycles. The van der Waals surface area contributed by atoms with Gasteiger partial charge in [-0.05, 0) is 17.5 Å². The van der Waals surface area contributed by atoms with Crippen molar-refractivity contribution in [1.82, 2.24) is 10.2 Å². The standard InChI is InChI=1S/C18H24N2O4/c1-19-17(23)18-6-7-24-11-15(18)9-20(12-18)16(22)8-13-4-2-3-5-14(13)10-21/h2-5,15,21H,6-12H2,1H3,(H,19,23)/t15-,18+/m1/s1. The van der Waals surface area contributed by atoms with E-state index in [1.165, 1.54) is 0 Å². The number of amides is 2. The first kappa shape index (κ1) is 16.9. The first-order valence-electron chi connectivity index (χ1n) is 8.36. The van der Waals surface area contributed by atoms with E-state index in [0.29, 0.717) is 32.7 Å². The minimum atomic E-state index is -0.529. The Morgan fingerprint density at radius 2 is 2.12 bits per heavy atom. The number of benzene rings is 1. The van der Waals surface area contributed by atoms with Crippen LogP contribution in [0, 0.1) is 11.3 Å². The fraction of sp³-hybridized carbons (Fsp3) is 0.556. The highest BCUT2D eigenvalue weighted by Crippen LogP contribution is 2.42. The van der Waals surface area contributed by atoms with E-state index in [2.05, 4.69) is 5.32 Å². The van der Waals surface area contributed by atoms with E-state index < -0.39 is 5.41 Å². The second-order valence-electron chi connectivity index (χ2n) is 6.63. The van der Waals surface area contributed by atoms with Crippen LogP contribution in [-0.2, 0) is 27.4 Å². The number of nitrogens with one attached hydrogen (secondary N) is 1. The second kappa shape index (κ2) is 6.91. The van der Waals surface area contributed by atoms with Gasteiger partial charge in [0.15, 0.2) is 0 Å². The zero-order chi connectivity index (χ0) is 17.2. The minimum absolute atomic E-state index is 0.00172. The molecule has 2 saturated heterocycles. The molecule has 0 aliphatic carbocycles. The third-order valence-corrected chi connectivity index (χ3v) is 5.37. The molecular weight excluding hydrogens is 308 g/mol. The molecule has 1 aromatic carbocycles. The fourth-order valence-electron chi connectivity index (χ4n) is 3.92. The van der Waals surface area contributed by atoms with Gasteiger partial charge in [-0.15, -0.1) is 0 Å². The van der Waals surface area contributed by atoms with Crippen LogP contribution in [0.25, 0.3) is 0 Å². The molecule has 130 valence electrons. The summed E-state index contributed by atoms with van der Waals surface area (Å²) in [5.74, 6) is 0.0404. The van der Waals surface area contributed by atoms with Crippen molar-refractivity contribution < 1.29 is 19.4 Å². The lowest BCUT2D eigenvalue weighted by Gasteiger charge is -2.36. The summed E-state index contributed by atoms with van der Waals surface area (Å²) in [5, 5.41) is 12.2. The number of aliphatic hydroxyl groups excluding tert-OH is 1. The summed E-state index contributed by atoms with van der Waals surface area (Å²) < 4.78 is 5.53. The predicted molar refractivity (Wildman–Crippen MR) is 88.1 cm³/mol. The summed E-state index contributed by atoms with van der Waals surface area (Å²) >= 11 is 0. The van der Waals surface area contributed by atoms with Gasteiger partial charge in [-0.25, -0.2) is 0 Å². The Hall–Kier alpha value is -1.92. The Morgan fingerprint density at radius 3 is 2.83 bits per heavy atom. The molecule has 2 fully saturated rings. The predicted octanol–water partition coefficient (Wildman–Crippen LogP) is 0.333. The van der Waals surface area contributed by atoms with Gasteiger partial charge in [0.05, 0.1) is 25.0 Å². The van der Waals surface area contributed by atoms with Gasteiger partial charge in [-0.2, -0.15) is 0 Å². The smallest absolute Gasteiger partial charge is 0.228 e. The maximum absolute atomic E-state index is 12.8. The molecule has 0 aromatic heterocycles. The number of ether oxygens (including phenoxy) is 1. The van der Waals surface area contributed by atoms with Gasteiger partial charge >= 0.3 is 0 Å². The highest BCUT2D eigenvalue weighted by Gasteiger charge is 2.54. The average Bonchev–Trinajstić information content (AvgIpc) is 3.02. The summed E-state index contributed by atoms with van der Waals surface area (Å²) in [6, 6.07) is 7.41. The van der Waals surface area contributed by atoms with Gasteiger partial charge in [0, 0.05) is 32.7 Å². The minimum Gasteiger partial charge on any atom is -0.392 e. The number of hydrogen-bond donors (Lipinski definition) is 2. The summed E-state index contributed by atoms with van der Waals surface area (Å²) in [5.41, 5.74) is 1.08. The molecule has 1 aromatic rings. The van der Waals surface area contributed by atoms with Gasteiger partial charge < -0.3 is 20.1 Å². The van der Waals surface area contributed by atoms with E-state index in [9.17, 15) is 14.7 Å². The van der Waals surface area contributed by atoms with Crippen LogP contribution in [0.4, 0.5) is 0 Å². The van der Waals surface area contributed by atoms with Crippen LogP contribution in [0.15, 0.2) is 24.3 Å². The lowest BCUT2D eigenvalue weighted by molar-refractivity contribution is -0.139. The van der Waals surface area contributed by atoms with Gasteiger partial charge in [-0.3, -0.25) is 9.59 Å². The zero-order valence-electron chi connectivity index (χ0n) is 14.0. The summed E-state index contributed by atoms with van der Waals surface area (Å²) in [7, 11) is 1.64. The average molecular weight is 332 g/mol. The zero-order valence-corrected chi connectivity index (χ0v) is 14.0. The lowest BCUT2D eigenvalue weighted by atomic mass is 9.73. The molecule has 6 heteroatoms. The molecular formula is C18H24N2O4. The summed E-state index contributed by atoms with van der Waals surface area (Å²) in [4.78, 5) is 27.0. The normalized spacial score (nSPS) is 26.1. The molecule has 0 bridgehead atoms. The van der Waals surface area contributed by atoms with Crippen molar-refractivity contribution in [1.29, 1.82) is 0 Å². The number of aliphatic hydroxyl groups is 1. The Kier molecular flexibility index (Phi) is 4.87. The monoisotopic (exact) mass is 332 g/mol. The first-order valence-corrected chi connectivity index (χ1v) is 8.36. The van der Waals surface area contributed by atoms with Crippen LogP contribution < -0.4 is 5.32 Å². The highest BCUT2D eigenvalue weighted by molar-refractivity contribution is 5.86. The second-order valence-corrected chi connectivity index (χ2v) is 6.63. The topological polar surface area (TPSA) is 78.9 Å². The number of nitrogens with zero attached hydrogens (tertiary/aromatic N) is 1. The van der Waals surface area contributed by atoms with Crippen molar-refractivity contribution in [3.05, 3.63) is 35.4 Å². The van der Waals surface area contributed by atoms with E-state index in [1.807, 2.05) is 24.3 Å². The third-order valence-electron chi connectivity index (χ3n) is 5.37. The molecule has 0 radical (unpaired) electrons. The molecule has 0 spiro atoms. The molecule has 2 aliphatic rings. The Morgan fingerprint density at radius 1 is 1.38 bits per heavy atom. The van der Waals surface area contributed by atoms with Crippen molar-refractivity contribution in [3.8, 4) is 0 Å². The number of fused-ring (bicyclic) bond motifs is 1. The molecule has 2 amide bonds. The van der Waals surface area contributed by atoms with E-state index in [4.69, 9.17) is 4.74 Å². The van der Waals surface area contributed by atoms with Crippen molar-refractivity contribution >= 4 is 11.8 Å². The van der Waals surface area contributed by atoms with Crippen LogP contribution >= 0.6 is 0 Å². The van der Waals surface area contributed by atoms with Gasteiger partial charge in [-0.1, -0.05) is 24.3 Å². The molecule has 6 nitrogen and oxygen atoms in total. The number of likely N-dealkylation sites (tertiary alicyclic amines) is 1. The van der Waals surface area contributed by atoms with Crippen LogP contribution in [-0.4, -0.2) is 55.2 Å². The van der Waals surface area contributed by atoms with Gasteiger partial charge in [0.2, 0.25) is 11.8 Å². The molecule has 2 N–H and O–H groups in total. The van der Waals surface area contributed by atoms with E-state index >= 15 is 0 Å². The van der Waals surface area contributed by atoms with Crippen LogP contribution in [0.1, 0.15) is 17.5 Å². The van der Waals surface area contributed by atoms with Crippen molar-refractivity contribution in [3.63, 3.8) is 0 Å². The quantitative estimate of drug-likeness (QED) is 0.833. The van der Waals surface area contributed by atoms with Crippen LogP contribution in [0.2, 0.25) is 0 Å². The molecule has 2 aliphatic heterocycles. The van der Waals surface area contributed by atoms with Crippen molar-refractivity contribution in [2.24, 2.45) is 11.3 Å². The van der Waals surface area contributed by atoms with Crippen molar-refractivity contribution in [2.45, 2.75) is 19.4 Å². The maximum atomic E-state index is 12.8. The molecule has 0 unspecified atom stereocenters. The highest BCUT2D eigenvalue weighted by atomic mass is 16.5. The Balaban J connectivity index is 1.76. The van der Waals surface area contributed by atoms with Gasteiger partial charge in [0.1, 0.15) is 0 Å². The van der Waals surface area contributed by atoms with E-state index in [1.54, 1.807) is 11.9 Å². The maximum Gasteiger partial charge on any atom is 0.228 e. The molecule has 2 atom stereocenters. The largest absolute Gasteiger partial charge is 0.392 e. The lowest BCUT2D eigenvalue weighted by Crippen LogP contribution is -2.49. The van der Waals surface area contributed by atoms with E-state index in [-0.39, 0.29) is 30.8 Å². The SMILES string of the molecule is CNC(=O)[C@]12CCOC[C@H]1CN(C(=O)Cc1ccccc1CO)C2. The van der Waals surface area contributed by atoms with Crippen molar-refractivity contribution in [2.75, 3.05) is 33.4 Å². The summed E-state index contributed by atoms with van der Waals surface area (Å²) in [6.45, 7) is 1.99. The first-order chi connectivity index (χ1) is 11.6. The van der Waals surface area contributed by atoms with Crippen LogP contribution in [0.3, 0.4) is 0 Å². The summed E-state index contributed by atoms with van der Waals surface area (Å²) in [6.07, 6.45) is 0.891. The third kappa shape index (κ3) is 2.91. The number of carbonyl (C=O) groups excluding carboxylic acids is 2.